The van der Waals surface area contributed by atoms with Crippen LogP contribution in [0.4, 0.5) is 0 Å². The molecule has 0 aliphatic rings. The summed E-state index contributed by atoms with van der Waals surface area (Å²) in [5.74, 6) is -0.334. The molecule has 0 unspecified atom stereocenters. The van der Waals surface area contributed by atoms with Gasteiger partial charge in [0.1, 0.15) is 4.70 Å². The van der Waals surface area contributed by atoms with E-state index in [0.717, 1.165) is 5.56 Å². The Morgan fingerprint density at radius 1 is 0.892 bits per heavy atom. The number of carbonyl (C=O) groups excluding carboxylic acids is 2. The van der Waals surface area contributed by atoms with Crippen LogP contribution in [0.15, 0.2) is 69.6 Å². The molecule has 0 atom stereocenters. The maximum atomic E-state index is 13.2. The minimum Gasteiger partial charge on any atom is -0.352 e. The molecule has 0 spiro atoms. The molecule has 0 aliphatic heterocycles. The number of benzene rings is 2. The van der Waals surface area contributed by atoms with Gasteiger partial charge in [0.05, 0.1) is 12.1 Å². The van der Waals surface area contributed by atoms with Gasteiger partial charge in [0, 0.05) is 35.1 Å². The van der Waals surface area contributed by atoms with Crippen LogP contribution < -0.4 is 16.6 Å². The van der Waals surface area contributed by atoms with E-state index in [1.165, 1.54) is 20.5 Å². The zero-order valence-corrected chi connectivity index (χ0v) is 22.2. The zero-order chi connectivity index (χ0) is 26.4. The van der Waals surface area contributed by atoms with E-state index in [9.17, 15) is 19.2 Å². The number of Topliss-reactive ketones (excluding diaryl/α,β-unsaturated/α-hetero) is 1. The molecule has 7 nitrogen and oxygen atoms in total. The summed E-state index contributed by atoms with van der Waals surface area (Å²) in [5.41, 5.74) is 0.865. The number of hydrogen-bond donors (Lipinski definition) is 1. The van der Waals surface area contributed by atoms with Gasteiger partial charge in [-0.1, -0.05) is 47.8 Å². The summed E-state index contributed by atoms with van der Waals surface area (Å²) in [6.07, 6.45) is 2.17. The van der Waals surface area contributed by atoms with Crippen LogP contribution in [-0.2, 0) is 24.4 Å². The second-order valence-corrected chi connectivity index (χ2v) is 10.3. The lowest BCUT2D eigenvalue weighted by Gasteiger charge is -2.12. The van der Waals surface area contributed by atoms with E-state index in [4.69, 9.17) is 23.2 Å². The van der Waals surface area contributed by atoms with Crippen molar-refractivity contribution < 1.29 is 9.59 Å². The van der Waals surface area contributed by atoms with Crippen molar-refractivity contribution in [3.63, 3.8) is 0 Å². The number of nitrogens with zero attached hydrogens (tertiary/aromatic N) is 2. The fourth-order valence-corrected chi connectivity index (χ4v) is 5.18. The summed E-state index contributed by atoms with van der Waals surface area (Å²) >= 11 is 13.3. The third-order valence-corrected chi connectivity index (χ3v) is 7.54. The highest BCUT2D eigenvalue weighted by Crippen LogP contribution is 2.17. The van der Waals surface area contributed by atoms with Gasteiger partial charge >= 0.3 is 5.69 Å². The molecule has 0 bridgehead atoms. The average Bonchev–Trinajstić information content (AvgIpc) is 3.38. The molecule has 0 radical (unpaired) electrons. The Balaban J connectivity index is 1.37. The second-order valence-electron chi connectivity index (χ2n) is 8.57. The van der Waals surface area contributed by atoms with Crippen LogP contribution in [0, 0.1) is 0 Å². The third-order valence-electron chi connectivity index (χ3n) is 6.02. The Hall–Kier alpha value is -3.20. The predicted molar refractivity (Wildman–Crippen MR) is 148 cm³/mol. The Morgan fingerprint density at radius 3 is 2.41 bits per heavy atom. The summed E-state index contributed by atoms with van der Waals surface area (Å²) in [6, 6.07) is 15.5. The number of carbonyl (C=O) groups is 2. The lowest BCUT2D eigenvalue weighted by Crippen LogP contribution is -2.40. The molecule has 0 saturated heterocycles. The van der Waals surface area contributed by atoms with Gasteiger partial charge in [-0.15, -0.1) is 11.3 Å². The van der Waals surface area contributed by atoms with Gasteiger partial charge in [-0.05, 0) is 60.2 Å². The van der Waals surface area contributed by atoms with Gasteiger partial charge in [-0.2, -0.15) is 0 Å². The molecule has 0 saturated carbocycles. The molecule has 0 fully saturated rings. The number of thiophene rings is 1. The molecule has 1 N–H and O–H groups in total. The molecule has 2 heterocycles. The van der Waals surface area contributed by atoms with Crippen LogP contribution >= 0.6 is 34.5 Å². The van der Waals surface area contributed by atoms with Gasteiger partial charge in [0.2, 0.25) is 5.91 Å². The first-order valence-electron chi connectivity index (χ1n) is 11.8. The minimum absolute atomic E-state index is 0.0832. The van der Waals surface area contributed by atoms with Crippen molar-refractivity contribution in [3.05, 3.63) is 102 Å². The van der Waals surface area contributed by atoms with Crippen molar-refractivity contribution in [2.45, 2.75) is 45.3 Å². The largest absolute Gasteiger partial charge is 0.352 e. The first kappa shape index (κ1) is 26.9. The quantitative estimate of drug-likeness (QED) is 0.200. The molecule has 2 aromatic heterocycles. The lowest BCUT2D eigenvalue weighted by molar-refractivity contribution is -0.121. The van der Waals surface area contributed by atoms with Crippen LogP contribution in [-0.4, -0.2) is 20.8 Å². The van der Waals surface area contributed by atoms with Crippen LogP contribution in [0.3, 0.4) is 0 Å². The number of aromatic nitrogens is 2. The Morgan fingerprint density at radius 2 is 1.65 bits per heavy atom. The van der Waals surface area contributed by atoms with Gasteiger partial charge in [0.25, 0.3) is 5.56 Å². The Bertz CT molecular complexity index is 1540. The number of fused-ring (bicyclic) bond motifs is 1. The molecule has 2 aromatic carbocycles. The highest BCUT2D eigenvalue weighted by Gasteiger charge is 2.17. The van der Waals surface area contributed by atoms with E-state index >= 15 is 0 Å². The predicted octanol–water partition coefficient (Wildman–Crippen LogP) is 5.29. The van der Waals surface area contributed by atoms with Crippen LogP contribution in [0.5, 0.6) is 0 Å². The maximum absolute atomic E-state index is 13.2. The summed E-state index contributed by atoms with van der Waals surface area (Å²) in [5, 5.41) is 5.71. The topological polar surface area (TPSA) is 90.2 Å². The van der Waals surface area contributed by atoms with E-state index < -0.39 is 5.69 Å². The number of unbranched alkanes of at least 4 members (excludes halogenated alkanes) is 2. The molecule has 0 aliphatic carbocycles. The fourth-order valence-electron chi connectivity index (χ4n) is 4.01. The summed E-state index contributed by atoms with van der Waals surface area (Å²) in [7, 11) is 0. The SMILES string of the molecule is O=C(CCCCCn1c(=O)c2sccc2n(CC(=O)c2ccc(Cl)cc2)c1=O)NCc1ccccc1Cl. The van der Waals surface area contributed by atoms with E-state index in [2.05, 4.69) is 5.32 Å². The van der Waals surface area contributed by atoms with Crippen molar-refractivity contribution in [1.82, 2.24) is 14.5 Å². The number of halogens is 2. The van der Waals surface area contributed by atoms with Crippen molar-refractivity contribution in [1.29, 1.82) is 0 Å². The van der Waals surface area contributed by atoms with Crippen molar-refractivity contribution >= 4 is 56.4 Å². The van der Waals surface area contributed by atoms with Crippen LogP contribution in [0.25, 0.3) is 10.2 Å². The Labute approximate surface area is 227 Å². The number of rotatable bonds is 11. The third kappa shape index (κ3) is 6.57. The Kier molecular flexibility index (Phi) is 8.97. The molecular formula is C27H25Cl2N3O4S. The average molecular weight is 558 g/mol. The number of hydrogen-bond acceptors (Lipinski definition) is 5. The van der Waals surface area contributed by atoms with Crippen molar-refractivity contribution in [3.8, 4) is 0 Å². The van der Waals surface area contributed by atoms with Gasteiger partial charge in [0.15, 0.2) is 5.78 Å². The molecule has 4 rings (SSSR count). The van der Waals surface area contributed by atoms with Gasteiger partial charge in [-0.3, -0.25) is 23.5 Å². The summed E-state index contributed by atoms with van der Waals surface area (Å²) in [6.45, 7) is 0.393. The standard InChI is InChI=1S/C27H25Cl2N3O4S/c28-20-11-9-18(10-12-20)23(33)17-32-22-13-15-37-25(22)26(35)31(27(32)36)14-5-1-2-8-24(34)30-16-19-6-3-4-7-21(19)29/h3-4,6-7,9-13,15H,1-2,5,8,14,16-17H2,(H,30,34). The molecular weight excluding hydrogens is 533 g/mol. The number of amides is 1. The summed E-state index contributed by atoms with van der Waals surface area (Å²) in [4.78, 5) is 51.2. The first-order chi connectivity index (χ1) is 17.8. The molecule has 192 valence electrons. The molecule has 10 heteroatoms. The molecule has 4 aromatic rings. The normalized spacial score (nSPS) is 11.1. The first-order valence-corrected chi connectivity index (χ1v) is 13.5. The van der Waals surface area contributed by atoms with Crippen molar-refractivity contribution in [2.75, 3.05) is 0 Å². The smallest absolute Gasteiger partial charge is 0.331 e. The zero-order valence-electron chi connectivity index (χ0n) is 19.9. The van der Waals surface area contributed by atoms with E-state index in [0.29, 0.717) is 58.1 Å². The van der Waals surface area contributed by atoms with E-state index in [1.54, 1.807) is 41.8 Å². The van der Waals surface area contributed by atoms with Gasteiger partial charge in [-0.25, -0.2) is 4.79 Å². The lowest BCUT2D eigenvalue weighted by atomic mass is 10.1. The fraction of sp³-hybridized carbons (Fsp3) is 0.259. The van der Waals surface area contributed by atoms with Gasteiger partial charge < -0.3 is 5.32 Å². The summed E-state index contributed by atoms with van der Waals surface area (Å²) < 4.78 is 2.97. The second kappa shape index (κ2) is 12.4. The molecule has 1 amide bonds. The highest BCUT2D eigenvalue weighted by molar-refractivity contribution is 7.17. The van der Waals surface area contributed by atoms with E-state index in [-0.39, 0.29) is 30.3 Å². The van der Waals surface area contributed by atoms with Crippen LogP contribution in [0.1, 0.15) is 41.6 Å². The van der Waals surface area contributed by atoms with Crippen molar-refractivity contribution in [2.24, 2.45) is 0 Å². The van der Waals surface area contributed by atoms with E-state index in [1.807, 2.05) is 18.2 Å². The maximum Gasteiger partial charge on any atom is 0.331 e. The number of ketones is 1. The monoisotopic (exact) mass is 557 g/mol. The minimum atomic E-state index is -0.518. The van der Waals surface area contributed by atoms with Crippen LogP contribution in [0.2, 0.25) is 10.0 Å². The number of nitrogens with one attached hydrogen (secondary N) is 1. The highest BCUT2D eigenvalue weighted by atomic mass is 35.5. The molecule has 37 heavy (non-hydrogen) atoms.